The standard InChI is InChI=1S/C25H26N2O3S/c1-16-10-11-17(2)19(13-16)15-27-21-8-4-5-9-22(21)31-23(25(27)29)18(3)24(28)26-14-20-7-6-12-30-20/h4-13,18,23H,14-15H2,1-3H3,(H,26,28)/t18-,23-/m1/s1. The first-order valence-electron chi connectivity index (χ1n) is 10.4. The zero-order valence-corrected chi connectivity index (χ0v) is 18.7. The first kappa shape index (κ1) is 21.2. The summed E-state index contributed by atoms with van der Waals surface area (Å²) in [6.45, 7) is 6.73. The maximum atomic E-state index is 13.6. The molecule has 2 amide bonds. The molecule has 1 aromatic heterocycles. The lowest BCUT2D eigenvalue weighted by molar-refractivity contribution is -0.128. The normalized spacial score (nSPS) is 16.7. The third-order valence-corrected chi connectivity index (χ3v) is 7.10. The van der Waals surface area contributed by atoms with E-state index < -0.39 is 11.2 Å². The van der Waals surface area contributed by atoms with Crippen LogP contribution < -0.4 is 10.2 Å². The van der Waals surface area contributed by atoms with E-state index in [0.717, 1.165) is 27.3 Å². The molecule has 4 rings (SSSR count). The zero-order valence-electron chi connectivity index (χ0n) is 17.9. The number of carbonyl (C=O) groups excluding carboxylic acids is 2. The summed E-state index contributed by atoms with van der Waals surface area (Å²) >= 11 is 1.47. The van der Waals surface area contributed by atoms with Gasteiger partial charge in [0, 0.05) is 4.90 Å². The SMILES string of the molecule is Cc1ccc(C)c(CN2C(=O)[C@@H]([C@@H](C)C(=O)NCc3ccco3)Sc3ccccc32)c1. The van der Waals surface area contributed by atoms with Crippen molar-refractivity contribution in [3.8, 4) is 0 Å². The minimum Gasteiger partial charge on any atom is -0.467 e. The van der Waals surface area contributed by atoms with E-state index in [-0.39, 0.29) is 11.8 Å². The number of nitrogens with one attached hydrogen (secondary N) is 1. The van der Waals surface area contributed by atoms with Crippen LogP contribution in [0, 0.1) is 19.8 Å². The van der Waals surface area contributed by atoms with Gasteiger partial charge in [0.05, 0.1) is 31.0 Å². The van der Waals surface area contributed by atoms with Crippen LogP contribution in [0.15, 0.2) is 70.2 Å². The molecule has 2 heterocycles. The van der Waals surface area contributed by atoms with Crippen molar-refractivity contribution in [3.05, 3.63) is 83.3 Å². The predicted octanol–water partition coefficient (Wildman–Crippen LogP) is 4.86. The molecular weight excluding hydrogens is 408 g/mol. The summed E-state index contributed by atoms with van der Waals surface area (Å²) in [4.78, 5) is 29.2. The number of hydrogen-bond acceptors (Lipinski definition) is 4. The van der Waals surface area contributed by atoms with E-state index >= 15 is 0 Å². The van der Waals surface area contributed by atoms with Gasteiger partial charge < -0.3 is 14.6 Å². The van der Waals surface area contributed by atoms with Gasteiger partial charge in [-0.15, -0.1) is 11.8 Å². The predicted molar refractivity (Wildman–Crippen MR) is 123 cm³/mol. The Morgan fingerprint density at radius 2 is 1.97 bits per heavy atom. The summed E-state index contributed by atoms with van der Waals surface area (Å²) in [6.07, 6.45) is 1.58. The molecule has 0 fully saturated rings. The number of fused-ring (bicyclic) bond motifs is 1. The van der Waals surface area contributed by atoms with Crippen molar-refractivity contribution >= 4 is 29.3 Å². The highest BCUT2D eigenvalue weighted by atomic mass is 32.2. The van der Waals surface area contributed by atoms with Gasteiger partial charge in [-0.05, 0) is 49.2 Å². The summed E-state index contributed by atoms with van der Waals surface area (Å²) in [5.41, 5.74) is 4.33. The number of hydrogen-bond donors (Lipinski definition) is 1. The number of benzene rings is 2. The average molecular weight is 435 g/mol. The zero-order chi connectivity index (χ0) is 22.0. The van der Waals surface area contributed by atoms with Crippen LogP contribution in [-0.2, 0) is 22.7 Å². The van der Waals surface area contributed by atoms with Crippen LogP contribution in [0.2, 0.25) is 0 Å². The van der Waals surface area contributed by atoms with E-state index in [0.29, 0.717) is 18.8 Å². The molecule has 31 heavy (non-hydrogen) atoms. The second-order valence-corrected chi connectivity index (χ2v) is 9.13. The van der Waals surface area contributed by atoms with Gasteiger partial charge in [-0.2, -0.15) is 0 Å². The van der Waals surface area contributed by atoms with Gasteiger partial charge in [0.2, 0.25) is 11.8 Å². The first-order valence-corrected chi connectivity index (χ1v) is 11.3. The summed E-state index contributed by atoms with van der Waals surface area (Å²) in [5, 5.41) is 2.40. The lowest BCUT2D eigenvalue weighted by Gasteiger charge is -2.36. The second-order valence-electron chi connectivity index (χ2n) is 7.95. The number of carbonyl (C=O) groups is 2. The van der Waals surface area contributed by atoms with Crippen LogP contribution in [0.4, 0.5) is 5.69 Å². The van der Waals surface area contributed by atoms with Crippen molar-refractivity contribution < 1.29 is 14.0 Å². The van der Waals surface area contributed by atoms with E-state index in [2.05, 4.69) is 37.4 Å². The molecule has 3 aromatic rings. The lowest BCUT2D eigenvalue weighted by Crippen LogP contribution is -2.47. The highest BCUT2D eigenvalue weighted by Crippen LogP contribution is 2.42. The van der Waals surface area contributed by atoms with Crippen LogP contribution in [0.25, 0.3) is 0 Å². The van der Waals surface area contributed by atoms with Gasteiger partial charge >= 0.3 is 0 Å². The maximum absolute atomic E-state index is 13.6. The summed E-state index contributed by atoms with van der Waals surface area (Å²) < 4.78 is 5.29. The van der Waals surface area contributed by atoms with Crippen molar-refractivity contribution in [3.63, 3.8) is 0 Å². The molecule has 160 valence electrons. The maximum Gasteiger partial charge on any atom is 0.241 e. The fraction of sp³-hybridized carbons (Fsp3) is 0.280. The number of amides is 2. The number of rotatable bonds is 6. The highest BCUT2D eigenvalue weighted by Gasteiger charge is 2.39. The number of nitrogens with zero attached hydrogens (tertiary/aromatic N) is 1. The number of thioether (sulfide) groups is 1. The molecule has 0 saturated carbocycles. The Morgan fingerprint density at radius 3 is 2.74 bits per heavy atom. The molecule has 2 aromatic carbocycles. The lowest BCUT2D eigenvalue weighted by atomic mass is 10.0. The van der Waals surface area contributed by atoms with Crippen LogP contribution >= 0.6 is 11.8 Å². The van der Waals surface area contributed by atoms with Crippen molar-refractivity contribution in [2.24, 2.45) is 5.92 Å². The van der Waals surface area contributed by atoms with Gasteiger partial charge in [-0.1, -0.05) is 42.8 Å². The number of furan rings is 1. The van der Waals surface area contributed by atoms with E-state index in [4.69, 9.17) is 4.42 Å². The summed E-state index contributed by atoms with van der Waals surface area (Å²) in [5.74, 6) is 0.00515. The first-order chi connectivity index (χ1) is 14.9. The molecule has 5 nitrogen and oxygen atoms in total. The van der Waals surface area contributed by atoms with Crippen LogP contribution in [0.3, 0.4) is 0 Å². The van der Waals surface area contributed by atoms with Gasteiger partial charge in [0.25, 0.3) is 0 Å². The van der Waals surface area contributed by atoms with Gasteiger partial charge in [0.1, 0.15) is 11.0 Å². The molecule has 0 saturated heterocycles. The molecule has 0 bridgehead atoms. The molecule has 0 radical (unpaired) electrons. The number of para-hydroxylation sites is 1. The monoisotopic (exact) mass is 434 g/mol. The Balaban J connectivity index is 1.58. The van der Waals surface area contributed by atoms with Crippen LogP contribution in [-0.4, -0.2) is 17.1 Å². The molecule has 1 aliphatic rings. The highest BCUT2D eigenvalue weighted by molar-refractivity contribution is 8.01. The van der Waals surface area contributed by atoms with Crippen molar-refractivity contribution in [2.75, 3.05) is 4.90 Å². The molecule has 1 N–H and O–H groups in total. The smallest absolute Gasteiger partial charge is 0.241 e. The summed E-state index contributed by atoms with van der Waals surface area (Å²) in [6, 6.07) is 17.8. The molecule has 2 atom stereocenters. The molecule has 0 unspecified atom stereocenters. The summed E-state index contributed by atoms with van der Waals surface area (Å²) in [7, 11) is 0. The van der Waals surface area contributed by atoms with Gasteiger partial charge in [0.15, 0.2) is 0 Å². The number of anilines is 1. The molecular formula is C25H26N2O3S. The van der Waals surface area contributed by atoms with Crippen molar-refractivity contribution in [1.82, 2.24) is 5.32 Å². The second kappa shape index (κ2) is 9.02. The quantitative estimate of drug-likeness (QED) is 0.602. The fourth-order valence-corrected chi connectivity index (χ4v) is 5.03. The number of aryl methyl sites for hydroxylation is 2. The Bertz CT molecular complexity index is 1090. The third-order valence-electron chi connectivity index (χ3n) is 5.64. The Hall–Kier alpha value is -2.99. The molecule has 6 heteroatoms. The molecule has 0 spiro atoms. The van der Waals surface area contributed by atoms with E-state index in [1.54, 1.807) is 12.3 Å². The van der Waals surface area contributed by atoms with Crippen molar-refractivity contribution in [1.29, 1.82) is 0 Å². The molecule has 0 aliphatic carbocycles. The van der Waals surface area contributed by atoms with Gasteiger partial charge in [-0.25, -0.2) is 0 Å². The van der Waals surface area contributed by atoms with E-state index in [1.165, 1.54) is 11.8 Å². The average Bonchev–Trinajstić information content (AvgIpc) is 3.29. The van der Waals surface area contributed by atoms with Crippen LogP contribution in [0.5, 0.6) is 0 Å². The molecule has 1 aliphatic heterocycles. The topological polar surface area (TPSA) is 62.6 Å². The Kier molecular flexibility index (Phi) is 6.18. The third kappa shape index (κ3) is 4.54. The Labute approximate surface area is 186 Å². The minimum atomic E-state index is -0.489. The fourth-order valence-electron chi connectivity index (χ4n) is 3.75. The Morgan fingerprint density at radius 1 is 1.16 bits per heavy atom. The minimum absolute atomic E-state index is 0.0368. The largest absolute Gasteiger partial charge is 0.467 e. The van der Waals surface area contributed by atoms with Gasteiger partial charge in [-0.3, -0.25) is 9.59 Å². The van der Waals surface area contributed by atoms with E-state index in [1.807, 2.05) is 42.2 Å². The van der Waals surface area contributed by atoms with Crippen LogP contribution in [0.1, 0.15) is 29.4 Å². The van der Waals surface area contributed by atoms with Crippen molar-refractivity contribution in [2.45, 2.75) is 44.0 Å². The van der Waals surface area contributed by atoms with E-state index in [9.17, 15) is 9.59 Å².